The number of carboxylic acids is 1. The smallest absolute Gasteiger partial charge is 0.339 e. The van der Waals surface area contributed by atoms with E-state index in [1.165, 1.54) is 0 Å². The highest BCUT2D eigenvalue weighted by atomic mass is 16.4. The van der Waals surface area contributed by atoms with E-state index >= 15 is 0 Å². The number of carboxylic acid groups (broad SMARTS) is 1. The van der Waals surface area contributed by atoms with Crippen LogP contribution in [0.2, 0.25) is 0 Å². The van der Waals surface area contributed by atoms with Crippen LogP contribution in [0.3, 0.4) is 0 Å². The summed E-state index contributed by atoms with van der Waals surface area (Å²) in [4.78, 5) is 20.1. The number of aryl methyl sites for hydroxylation is 2. The maximum Gasteiger partial charge on any atom is 0.339 e. The second kappa shape index (κ2) is 6.22. The van der Waals surface area contributed by atoms with Gasteiger partial charge in [-0.25, -0.2) is 9.78 Å². The van der Waals surface area contributed by atoms with Crippen LogP contribution in [0.25, 0.3) is 0 Å². The first-order valence-electron chi connectivity index (χ1n) is 7.11. The first-order chi connectivity index (χ1) is 9.49. The molecule has 5 nitrogen and oxygen atoms in total. The summed E-state index contributed by atoms with van der Waals surface area (Å²) < 4.78 is 0. The van der Waals surface area contributed by atoms with Crippen molar-refractivity contribution in [2.75, 3.05) is 39.1 Å². The van der Waals surface area contributed by atoms with Crippen molar-refractivity contribution >= 4 is 11.8 Å². The maximum absolute atomic E-state index is 11.5. The first-order valence-corrected chi connectivity index (χ1v) is 7.11. The Morgan fingerprint density at radius 1 is 1.25 bits per heavy atom. The Hall–Kier alpha value is -1.62. The van der Waals surface area contributed by atoms with Crippen molar-refractivity contribution < 1.29 is 9.90 Å². The zero-order valence-corrected chi connectivity index (χ0v) is 12.5. The fourth-order valence-corrected chi connectivity index (χ4v) is 2.53. The minimum absolute atomic E-state index is 0.326. The Labute approximate surface area is 120 Å². The van der Waals surface area contributed by atoms with Crippen LogP contribution in [0.15, 0.2) is 6.07 Å². The largest absolute Gasteiger partial charge is 0.478 e. The van der Waals surface area contributed by atoms with Crippen LogP contribution in [0, 0.1) is 0 Å². The van der Waals surface area contributed by atoms with Gasteiger partial charge in [0, 0.05) is 25.8 Å². The standard InChI is InChI=1S/C15H23N3O2/c1-17(2)8-9-18(3)14-12(15(19)20)10-11-6-4-5-7-13(11)16-14/h10H,4-9H2,1-3H3,(H,19,20). The number of likely N-dealkylation sites (N-methyl/N-ethyl adjacent to an activating group) is 2. The summed E-state index contributed by atoms with van der Waals surface area (Å²) in [5.74, 6) is -0.294. The lowest BCUT2D eigenvalue weighted by molar-refractivity contribution is 0.0697. The van der Waals surface area contributed by atoms with Crippen molar-refractivity contribution in [1.82, 2.24) is 9.88 Å². The molecule has 0 radical (unpaired) electrons. The molecule has 0 spiro atoms. The fraction of sp³-hybridized carbons (Fsp3) is 0.600. The van der Waals surface area contributed by atoms with Gasteiger partial charge in [0.25, 0.3) is 0 Å². The third-order valence-electron chi connectivity index (χ3n) is 3.76. The Bertz CT molecular complexity index is 500. The normalized spacial score (nSPS) is 14.2. The number of nitrogens with zero attached hydrogens (tertiary/aromatic N) is 3. The van der Waals surface area contributed by atoms with E-state index in [-0.39, 0.29) is 0 Å². The molecule has 0 aliphatic heterocycles. The number of anilines is 1. The summed E-state index contributed by atoms with van der Waals surface area (Å²) in [6.45, 7) is 1.63. The van der Waals surface area contributed by atoms with E-state index in [9.17, 15) is 9.90 Å². The van der Waals surface area contributed by atoms with Gasteiger partial charge in [0.2, 0.25) is 0 Å². The van der Waals surface area contributed by atoms with E-state index in [0.29, 0.717) is 11.4 Å². The fourth-order valence-electron chi connectivity index (χ4n) is 2.53. The molecule has 0 fully saturated rings. The summed E-state index contributed by atoms with van der Waals surface area (Å²) in [5, 5.41) is 9.42. The highest BCUT2D eigenvalue weighted by Crippen LogP contribution is 2.26. The first kappa shape index (κ1) is 14.8. The maximum atomic E-state index is 11.5. The predicted octanol–water partition coefficient (Wildman–Crippen LogP) is 1.66. The lowest BCUT2D eigenvalue weighted by Crippen LogP contribution is -2.30. The van der Waals surface area contributed by atoms with Gasteiger partial charge in [-0.3, -0.25) is 0 Å². The molecular formula is C15H23N3O2. The van der Waals surface area contributed by atoms with Crippen molar-refractivity contribution in [2.24, 2.45) is 0 Å². The molecule has 0 aromatic carbocycles. The van der Waals surface area contributed by atoms with E-state index in [2.05, 4.69) is 9.88 Å². The van der Waals surface area contributed by atoms with Crippen LogP contribution in [-0.2, 0) is 12.8 Å². The molecule has 1 aromatic heterocycles. The Balaban J connectivity index is 2.32. The molecule has 1 N–H and O–H groups in total. The molecule has 1 aromatic rings. The molecule has 0 saturated heterocycles. The molecule has 1 aliphatic carbocycles. The molecule has 2 rings (SSSR count). The number of pyridine rings is 1. The van der Waals surface area contributed by atoms with Crippen LogP contribution in [0.1, 0.15) is 34.5 Å². The number of carbonyl (C=O) groups is 1. The van der Waals surface area contributed by atoms with Crippen molar-refractivity contribution in [3.05, 3.63) is 22.9 Å². The molecule has 0 atom stereocenters. The highest BCUT2D eigenvalue weighted by molar-refractivity contribution is 5.93. The second-order valence-corrected chi connectivity index (χ2v) is 5.70. The summed E-state index contributed by atoms with van der Waals surface area (Å²) in [6.07, 6.45) is 4.19. The summed E-state index contributed by atoms with van der Waals surface area (Å²) in [6, 6.07) is 1.82. The zero-order valence-electron chi connectivity index (χ0n) is 12.5. The average Bonchev–Trinajstić information content (AvgIpc) is 2.43. The molecule has 0 bridgehead atoms. The zero-order chi connectivity index (χ0) is 14.7. The van der Waals surface area contributed by atoms with E-state index in [0.717, 1.165) is 50.0 Å². The molecule has 1 aliphatic rings. The third kappa shape index (κ3) is 3.28. The second-order valence-electron chi connectivity index (χ2n) is 5.70. The third-order valence-corrected chi connectivity index (χ3v) is 3.76. The monoisotopic (exact) mass is 277 g/mol. The summed E-state index contributed by atoms with van der Waals surface area (Å²) in [7, 11) is 5.92. The number of fused-ring (bicyclic) bond motifs is 1. The topological polar surface area (TPSA) is 56.7 Å². The Morgan fingerprint density at radius 3 is 2.60 bits per heavy atom. The molecule has 0 saturated carbocycles. The molecule has 0 unspecified atom stereocenters. The number of hydrogen-bond donors (Lipinski definition) is 1. The van der Waals surface area contributed by atoms with Crippen molar-refractivity contribution in [3.8, 4) is 0 Å². The van der Waals surface area contributed by atoms with Crippen LogP contribution in [0.4, 0.5) is 5.82 Å². The van der Waals surface area contributed by atoms with E-state index in [4.69, 9.17) is 0 Å². The van der Waals surface area contributed by atoms with E-state index in [1.54, 1.807) is 0 Å². The molecule has 5 heteroatoms. The Kier molecular flexibility index (Phi) is 4.60. The molecular weight excluding hydrogens is 254 g/mol. The van der Waals surface area contributed by atoms with Gasteiger partial charge in [0.05, 0.1) is 0 Å². The van der Waals surface area contributed by atoms with Gasteiger partial charge in [0.15, 0.2) is 0 Å². The quantitative estimate of drug-likeness (QED) is 0.887. The van der Waals surface area contributed by atoms with Gasteiger partial charge in [-0.2, -0.15) is 0 Å². The van der Waals surface area contributed by atoms with Gasteiger partial charge in [0.1, 0.15) is 11.4 Å². The van der Waals surface area contributed by atoms with E-state index < -0.39 is 5.97 Å². The van der Waals surface area contributed by atoms with Crippen LogP contribution in [0.5, 0.6) is 0 Å². The number of aromatic nitrogens is 1. The van der Waals surface area contributed by atoms with Crippen molar-refractivity contribution in [1.29, 1.82) is 0 Å². The van der Waals surface area contributed by atoms with E-state index in [1.807, 2.05) is 32.1 Å². The number of hydrogen-bond acceptors (Lipinski definition) is 4. The van der Waals surface area contributed by atoms with Crippen molar-refractivity contribution in [3.63, 3.8) is 0 Å². The molecule has 110 valence electrons. The highest BCUT2D eigenvalue weighted by Gasteiger charge is 2.20. The van der Waals surface area contributed by atoms with Gasteiger partial charge >= 0.3 is 5.97 Å². The average molecular weight is 277 g/mol. The molecule has 1 heterocycles. The van der Waals surface area contributed by atoms with Gasteiger partial charge in [-0.15, -0.1) is 0 Å². The minimum Gasteiger partial charge on any atom is -0.478 e. The van der Waals surface area contributed by atoms with Gasteiger partial charge in [-0.05, 0) is 51.4 Å². The van der Waals surface area contributed by atoms with Gasteiger partial charge in [-0.1, -0.05) is 0 Å². The molecule has 20 heavy (non-hydrogen) atoms. The number of aromatic carboxylic acids is 1. The van der Waals surface area contributed by atoms with Crippen LogP contribution in [-0.4, -0.2) is 55.2 Å². The number of rotatable bonds is 5. The summed E-state index contributed by atoms with van der Waals surface area (Å²) >= 11 is 0. The van der Waals surface area contributed by atoms with Gasteiger partial charge < -0.3 is 14.9 Å². The van der Waals surface area contributed by atoms with Crippen LogP contribution < -0.4 is 4.90 Å². The predicted molar refractivity (Wildman–Crippen MR) is 79.7 cm³/mol. The van der Waals surface area contributed by atoms with Crippen LogP contribution >= 0.6 is 0 Å². The van der Waals surface area contributed by atoms with Crippen molar-refractivity contribution in [2.45, 2.75) is 25.7 Å². The minimum atomic E-state index is -0.891. The lowest BCUT2D eigenvalue weighted by Gasteiger charge is -2.25. The lowest BCUT2D eigenvalue weighted by atomic mass is 9.94. The molecule has 0 amide bonds. The summed E-state index contributed by atoms with van der Waals surface area (Å²) in [5.41, 5.74) is 2.51. The Morgan fingerprint density at radius 2 is 1.95 bits per heavy atom. The SMILES string of the molecule is CN(C)CCN(C)c1nc2c(cc1C(=O)O)CCCC2.